The highest BCUT2D eigenvalue weighted by Crippen LogP contribution is 2.27. The van der Waals surface area contributed by atoms with Gasteiger partial charge in [-0.15, -0.1) is 12.4 Å². The largest absolute Gasteiger partial charge is 0.494 e. The molecule has 2 aliphatic rings. The smallest absolute Gasteiger partial charge is 0.224 e. The van der Waals surface area contributed by atoms with E-state index in [1.807, 2.05) is 41.4 Å². The molecule has 2 aliphatic heterocycles. The standard InChI is InChI=1S/C22H26N4O3.ClH/c27-21-8-5-16-13-18(6-7-19(16)25-21)29-12-2-4-22(28)26-11-10-24-15-20(26)17-3-1-9-23-14-17;/h1,3,6-7,9,13-14,20,24H,2,4-5,8,10-12,15H2,(H,25,27);1H. The molecule has 8 heteroatoms. The van der Waals surface area contributed by atoms with E-state index < -0.39 is 0 Å². The van der Waals surface area contributed by atoms with Crippen LogP contribution in [0.25, 0.3) is 0 Å². The number of hydrogen-bond acceptors (Lipinski definition) is 5. The maximum Gasteiger partial charge on any atom is 0.224 e. The molecule has 160 valence electrons. The highest BCUT2D eigenvalue weighted by atomic mass is 35.5. The van der Waals surface area contributed by atoms with Crippen molar-refractivity contribution in [1.29, 1.82) is 0 Å². The number of nitrogens with one attached hydrogen (secondary N) is 2. The van der Waals surface area contributed by atoms with Crippen molar-refractivity contribution in [1.82, 2.24) is 15.2 Å². The molecule has 1 saturated heterocycles. The van der Waals surface area contributed by atoms with Gasteiger partial charge in [-0.05, 0) is 48.2 Å². The van der Waals surface area contributed by atoms with E-state index in [9.17, 15) is 9.59 Å². The van der Waals surface area contributed by atoms with Crippen LogP contribution < -0.4 is 15.4 Å². The number of amides is 2. The van der Waals surface area contributed by atoms with Gasteiger partial charge in [-0.3, -0.25) is 14.6 Å². The summed E-state index contributed by atoms with van der Waals surface area (Å²) in [6.07, 6.45) is 5.94. The van der Waals surface area contributed by atoms with Gasteiger partial charge >= 0.3 is 0 Å². The van der Waals surface area contributed by atoms with E-state index in [2.05, 4.69) is 15.6 Å². The van der Waals surface area contributed by atoms with Crippen molar-refractivity contribution in [2.45, 2.75) is 31.7 Å². The van der Waals surface area contributed by atoms with Crippen LogP contribution in [0.1, 0.15) is 36.4 Å². The number of aryl methyl sites for hydroxylation is 1. The number of halogens is 1. The summed E-state index contributed by atoms with van der Waals surface area (Å²) in [5, 5.41) is 6.23. The Balaban J connectivity index is 0.00000256. The van der Waals surface area contributed by atoms with Crippen LogP contribution in [-0.2, 0) is 16.0 Å². The number of anilines is 1. The zero-order chi connectivity index (χ0) is 20.1. The lowest BCUT2D eigenvalue weighted by atomic mass is 10.0. The number of hydrogen-bond donors (Lipinski definition) is 2. The lowest BCUT2D eigenvalue weighted by molar-refractivity contribution is -0.134. The van der Waals surface area contributed by atoms with Crippen molar-refractivity contribution in [2.24, 2.45) is 0 Å². The number of pyridine rings is 1. The molecule has 1 fully saturated rings. The molecule has 1 aromatic carbocycles. The molecular formula is C22H27ClN4O3. The minimum atomic E-state index is 0. The zero-order valence-corrected chi connectivity index (χ0v) is 17.6. The van der Waals surface area contributed by atoms with Crippen LogP contribution in [0.3, 0.4) is 0 Å². The number of aromatic nitrogens is 1. The SMILES string of the molecule is Cl.O=C1CCc2cc(OCCCC(=O)N3CCNCC3c3cccnc3)ccc2N1. The molecule has 2 aromatic rings. The van der Waals surface area contributed by atoms with Crippen molar-refractivity contribution in [3.05, 3.63) is 53.9 Å². The number of fused-ring (bicyclic) bond motifs is 1. The Morgan fingerprint density at radius 3 is 3.00 bits per heavy atom. The summed E-state index contributed by atoms with van der Waals surface area (Å²) >= 11 is 0. The summed E-state index contributed by atoms with van der Waals surface area (Å²) in [5.74, 6) is 0.988. The monoisotopic (exact) mass is 430 g/mol. The Hall–Kier alpha value is -2.64. The summed E-state index contributed by atoms with van der Waals surface area (Å²) in [6.45, 7) is 2.75. The van der Waals surface area contributed by atoms with Gasteiger partial charge in [-0.1, -0.05) is 6.07 Å². The van der Waals surface area contributed by atoms with E-state index in [4.69, 9.17) is 4.74 Å². The van der Waals surface area contributed by atoms with Crippen LogP contribution in [0, 0.1) is 0 Å². The van der Waals surface area contributed by atoms with Crippen LogP contribution in [0.5, 0.6) is 5.75 Å². The molecule has 1 atom stereocenters. The number of rotatable bonds is 6. The second-order valence-corrected chi connectivity index (χ2v) is 7.41. The maximum atomic E-state index is 12.8. The Labute approximate surface area is 182 Å². The van der Waals surface area contributed by atoms with Crippen molar-refractivity contribution < 1.29 is 14.3 Å². The van der Waals surface area contributed by atoms with Crippen molar-refractivity contribution in [3.63, 3.8) is 0 Å². The summed E-state index contributed by atoms with van der Waals surface area (Å²) in [7, 11) is 0. The molecule has 1 unspecified atom stereocenters. The molecule has 0 saturated carbocycles. The fraction of sp³-hybridized carbons (Fsp3) is 0.409. The summed E-state index contributed by atoms with van der Waals surface area (Å²) < 4.78 is 5.84. The third kappa shape index (κ3) is 5.29. The maximum absolute atomic E-state index is 12.8. The third-order valence-corrected chi connectivity index (χ3v) is 5.41. The minimum Gasteiger partial charge on any atom is -0.494 e. The lowest BCUT2D eigenvalue weighted by Gasteiger charge is -2.36. The Kier molecular flexibility index (Phi) is 7.65. The van der Waals surface area contributed by atoms with Crippen LogP contribution in [0.2, 0.25) is 0 Å². The molecule has 0 spiro atoms. The summed E-state index contributed by atoms with van der Waals surface area (Å²) in [6, 6.07) is 9.68. The Morgan fingerprint density at radius 2 is 2.17 bits per heavy atom. The molecule has 0 bridgehead atoms. The van der Waals surface area contributed by atoms with Crippen molar-refractivity contribution in [3.8, 4) is 5.75 Å². The fourth-order valence-corrected chi connectivity index (χ4v) is 3.88. The number of ether oxygens (including phenoxy) is 1. The minimum absolute atomic E-state index is 0. The van der Waals surface area contributed by atoms with Gasteiger partial charge in [0.25, 0.3) is 0 Å². The number of carbonyl (C=O) groups excluding carboxylic acids is 2. The van der Waals surface area contributed by atoms with Crippen LogP contribution in [0.4, 0.5) is 5.69 Å². The van der Waals surface area contributed by atoms with Crippen molar-refractivity contribution >= 4 is 29.9 Å². The quantitative estimate of drug-likeness (QED) is 0.688. The molecule has 0 aliphatic carbocycles. The number of benzene rings is 1. The van der Waals surface area contributed by atoms with E-state index in [1.165, 1.54) is 0 Å². The molecule has 30 heavy (non-hydrogen) atoms. The van der Waals surface area contributed by atoms with Crippen LogP contribution in [0.15, 0.2) is 42.7 Å². The van der Waals surface area contributed by atoms with E-state index in [0.29, 0.717) is 32.4 Å². The van der Waals surface area contributed by atoms with Gasteiger partial charge in [0.2, 0.25) is 11.8 Å². The predicted molar refractivity (Wildman–Crippen MR) is 117 cm³/mol. The summed E-state index contributed by atoms with van der Waals surface area (Å²) in [5.41, 5.74) is 3.02. The van der Waals surface area contributed by atoms with E-state index in [-0.39, 0.29) is 30.3 Å². The zero-order valence-electron chi connectivity index (χ0n) is 16.8. The average Bonchev–Trinajstić information content (AvgIpc) is 2.77. The first kappa shape index (κ1) is 22.1. The molecule has 0 radical (unpaired) electrons. The third-order valence-electron chi connectivity index (χ3n) is 5.41. The molecule has 2 N–H and O–H groups in total. The first-order valence-electron chi connectivity index (χ1n) is 10.2. The highest BCUT2D eigenvalue weighted by molar-refractivity contribution is 5.94. The van der Waals surface area contributed by atoms with E-state index >= 15 is 0 Å². The highest BCUT2D eigenvalue weighted by Gasteiger charge is 2.27. The molecule has 2 amide bonds. The van der Waals surface area contributed by atoms with Gasteiger partial charge < -0.3 is 20.3 Å². The van der Waals surface area contributed by atoms with Crippen molar-refractivity contribution in [2.75, 3.05) is 31.6 Å². The van der Waals surface area contributed by atoms with Gasteiger partial charge in [0.05, 0.1) is 12.6 Å². The normalized spacial score (nSPS) is 18.1. The number of piperazine rings is 1. The van der Waals surface area contributed by atoms with Gasteiger partial charge in [-0.25, -0.2) is 0 Å². The number of carbonyl (C=O) groups is 2. The molecule has 3 heterocycles. The second-order valence-electron chi connectivity index (χ2n) is 7.41. The molecule has 4 rings (SSSR count). The molecular weight excluding hydrogens is 404 g/mol. The molecule has 1 aromatic heterocycles. The van der Waals surface area contributed by atoms with Gasteiger partial charge in [0.15, 0.2) is 0 Å². The van der Waals surface area contributed by atoms with Gasteiger partial charge in [0.1, 0.15) is 5.75 Å². The number of nitrogens with zero attached hydrogens (tertiary/aromatic N) is 2. The predicted octanol–water partition coefficient (Wildman–Crippen LogP) is 2.72. The average molecular weight is 431 g/mol. The Morgan fingerprint density at radius 1 is 1.27 bits per heavy atom. The van der Waals surface area contributed by atoms with Gasteiger partial charge in [0, 0.05) is 50.6 Å². The second kappa shape index (κ2) is 10.4. The van der Waals surface area contributed by atoms with Crippen LogP contribution >= 0.6 is 12.4 Å². The first-order valence-corrected chi connectivity index (χ1v) is 10.2. The van der Waals surface area contributed by atoms with Crippen LogP contribution in [-0.4, -0.2) is 47.9 Å². The molecule has 7 nitrogen and oxygen atoms in total. The first-order chi connectivity index (χ1) is 14.2. The van der Waals surface area contributed by atoms with E-state index in [0.717, 1.165) is 42.1 Å². The summed E-state index contributed by atoms with van der Waals surface area (Å²) in [4.78, 5) is 30.4. The van der Waals surface area contributed by atoms with Gasteiger partial charge in [-0.2, -0.15) is 0 Å². The lowest BCUT2D eigenvalue weighted by Crippen LogP contribution is -2.48. The Bertz CT molecular complexity index is 878. The van der Waals surface area contributed by atoms with E-state index in [1.54, 1.807) is 6.20 Å². The fourth-order valence-electron chi connectivity index (χ4n) is 3.88. The topological polar surface area (TPSA) is 83.6 Å².